The van der Waals surface area contributed by atoms with E-state index < -0.39 is 15.9 Å². The third-order valence-corrected chi connectivity index (χ3v) is 4.61. The Morgan fingerprint density at radius 1 is 1.35 bits per heavy atom. The van der Waals surface area contributed by atoms with Crippen LogP contribution < -0.4 is 4.72 Å². The Morgan fingerprint density at radius 2 is 1.95 bits per heavy atom. The molecule has 0 bridgehead atoms. The van der Waals surface area contributed by atoms with Gasteiger partial charge in [-0.15, -0.1) is 0 Å². The van der Waals surface area contributed by atoms with Gasteiger partial charge in [-0.1, -0.05) is 19.9 Å². The van der Waals surface area contributed by atoms with Gasteiger partial charge in [0.05, 0.1) is 11.4 Å². The minimum Gasteiger partial charge on any atom is -0.271 e. The summed E-state index contributed by atoms with van der Waals surface area (Å²) < 4.78 is 28.5. The van der Waals surface area contributed by atoms with E-state index in [4.69, 9.17) is 0 Å². The smallest absolute Gasteiger partial charge is 0.268 e. The van der Waals surface area contributed by atoms with Gasteiger partial charge < -0.3 is 0 Å². The molecule has 0 saturated heterocycles. The summed E-state index contributed by atoms with van der Waals surface area (Å²) in [6.45, 7) is 6.93. The van der Waals surface area contributed by atoms with Crippen LogP contribution in [0.25, 0.3) is 0 Å². The van der Waals surface area contributed by atoms with Crippen LogP contribution in [0.5, 0.6) is 0 Å². The number of nitrogens with one attached hydrogen (secondary N) is 1. The fraction of sp³-hybridized carbons (Fsp3) is 0.538. The van der Waals surface area contributed by atoms with Gasteiger partial charge in [-0.3, -0.25) is 9.48 Å². The summed E-state index contributed by atoms with van der Waals surface area (Å²) in [6.07, 6.45) is 2.58. The van der Waals surface area contributed by atoms with Crippen LogP contribution in [0.3, 0.4) is 0 Å². The summed E-state index contributed by atoms with van der Waals surface area (Å²) in [5, 5.41) is 4.21. The number of aromatic nitrogens is 2. The fourth-order valence-corrected chi connectivity index (χ4v) is 3.50. The van der Waals surface area contributed by atoms with Gasteiger partial charge in [0.15, 0.2) is 0 Å². The highest BCUT2D eigenvalue weighted by atomic mass is 32.2. The molecule has 1 aromatic rings. The monoisotopic (exact) mass is 299 g/mol. The van der Waals surface area contributed by atoms with E-state index in [0.29, 0.717) is 29.8 Å². The number of rotatable bonds is 5. The molecule has 0 saturated carbocycles. The quantitative estimate of drug-likeness (QED) is 0.831. The molecule has 0 aliphatic heterocycles. The molecular weight excluding hydrogens is 278 g/mol. The summed E-state index contributed by atoms with van der Waals surface area (Å²) >= 11 is 0. The predicted octanol–water partition coefficient (Wildman–Crippen LogP) is 1.32. The number of carbonyl (C=O) groups excluding carboxylic acids is 1. The lowest BCUT2D eigenvalue weighted by Crippen LogP contribution is -2.32. The third-order valence-electron chi connectivity index (χ3n) is 3.14. The Morgan fingerprint density at radius 3 is 2.40 bits per heavy atom. The molecule has 7 heteroatoms. The van der Waals surface area contributed by atoms with E-state index in [-0.39, 0.29) is 4.90 Å². The molecule has 0 atom stereocenters. The van der Waals surface area contributed by atoms with Crippen molar-refractivity contribution in [1.82, 2.24) is 14.5 Å². The Hall–Kier alpha value is -1.63. The zero-order valence-corrected chi connectivity index (χ0v) is 13.3. The second kappa shape index (κ2) is 6.21. The molecule has 1 aromatic heterocycles. The van der Waals surface area contributed by atoms with Gasteiger partial charge in [0.1, 0.15) is 4.90 Å². The van der Waals surface area contributed by atoms with Gasteiger partial charge in [0.25, 0.3) is 15.9 Å². The van der Waals surface area contributed by atoms with Crippen LogP contribution in [-0.4, -0.2) is 24.1 Å². The Balaban J connectivity index is 3.32. The molecule has 0 fully saturated rings. The largest absolute Gasteiger partial charge is 0.271 e. The van der Waals surface area contributed by atoms with E-state index in [9.17, 15) is 13.2 Å². The SMILES string of the molecule is C/C=C(\C)C(=O)NS(=O)(=O)c1c(CC)nn(C)c1CC. The zero-order valence-electron chi connectivity index (χ0n) is 12.5. The van der Waals surface area contributed by atoms with Gasteiger partial charge in [0.2, 0.25) is 0 Å². The van der Waals surface area contributed by atoms with Crippen LogP contribution in [0.15, 0.2) is 16.5 Å². The number of hydrogen-bond acceptors (Lipinski definition) is 4. The van der Waals surface area contributed by atoms with Crippen molar-refractivity contribution in [3.05, 3.63) is 23.0 Å². The minimum atomic E-state index is -3.90. The molecular formula is C13H21N3O3S. The van der Waals surface area contributed by atoms with E-state index in [1.807, 2.05) is 13.8 Å². The normalized spacial score (nSPS) is 12.6. The van der Waals surface area contributed by atoms with Crippen LogP contribution in [-0.2, 0) is 34.7 Å². The first kappa shape index (κ1) is 16.4. The van der Waals surface area contributed by atoms with Crippen LogP contribution in [0, 0.1) is 0 Å². The standard InChI is InChI=1S/C13H21N3O3S/c1-6-9(4)13(17)15-20(18,19)12-10(7-2)14-16(5)11(12)8-3/h6H,7-8H2,1-5H3,(H,15,17)/b9-6+. The topological polar surface area (TPSA) is 81.1 Å². The van der Waals surface area contributed by atoms with E-state index in [2.05, 4.69) is 9.82 Å². The average Bonchev–Trinajstić information content (AvgIpc) is 2.73. The molecule has 0 aliphatic rings. The van der Waals surface area contributed by atoms with Crippen molar-refractivity contribution in [3.63, 3.8) is 0 Å². The first-order chi connectivity index (χ1) is 9.28. The summed E-state index contributed by atoms with van der Waals surface area (Å²) in [7, 11) is -2.20. The summed E-state index contributed by atoms with van der Waals surface area (Å²) in [4.78, 5) is 11.9. The van der Waals surface area contributed by atoms with Gasteiger partial charge in [0, 0.05) is 12.6 Å². The lowest BCUT2D eigenvalue weighted by molar-refractivity contribution is -0.115. The fourth-order valence-electron chi connectivity index (χ4n) is 1.92. The first-order valence-electron chi connectivity index (χ1n) is 6.53. The third kappa shape index (κ3) is 3.09. The summed E-state index contributed by atoms with van der Waals surface area (Å²) in [6, 6.07) is 0. The molecule has 0 radical (unpaired) electrons. The maximum atomic E-state index is 12.4. The zero-order chi connectivity index (χ0) is 15.5. The predicted molar refractivity (Wildman–Crippen MR) is 76.7 cm³/mol. The molecule has 1 heterocycles. The Kier molecular flexibility index (Phi) is 5.10. The van der Waals surface area contributed by atoms with E-state index in [1.54, 1.807) is 31.7 Å². The number of sulfonamides is 1. The summed E-state index contributed by atoms with van der Waals surface area (Å²) in [5.74, 6) is -0.611. The molecule has 1 amide bonds. The van der Waals surface area contributed by atoms with Crippen molar-refractivity contribution < 1.29 is 13.2 Å². The lowest BCUT2D eigenvalue weighted by atomic mass is 10.2. The molecule has 6 nitrogen and oxygen atoms in total. The highest BCUT2D eigenvalue weighted by Crippen LogP contribution is 2.21. The second-order valence-corrected chi connectivity index (χ2v) is 6.08. The van der Waals surface area contributed by atoms with Crippen LogP contribution in [0.1, 0.15) is 39.1 Å². The second-order valence-electron chi connectivity index (χ2n) is 4.46. The number of amides is 1. The minimum absolute atomic E-state index is 0.127. The highest BCUT2D eigenvalue weighted by Gasteiger charge is 2.28. The van der Waals surface area contributed by atoms with Crippen molar-refractivity contribution >= 4 is 15.9 Å². The maximum absolute atomic E-state index is 12.4. The molecule has 0 spiro atoms. The highest BCUT2D eigenvalue weighted by molar-refractivity contribution is 7.90. The number of allylic oxidation sites excluding steroid dienone is 1. The van der Waals surface area contributed by atoms with E-state index in [0.717, 1.165) is 0 Å². The Labute approximate surface area is 119 Å². The van der Waals surface area contributed by atoms with Crippen LogP contribution >= 0.6 is 0 Å². The number of aryl methyl sites for hydroxylation is 2. The average molecular weight is 299 g/mol. The van der Waals surface area contributed by atoms with Crippen LogP contribution in [0.2, 0.25) is 0 Å². The molecule has 1 N–H and O–H groups in total. The lowest BCUT2D eigenvalue weighted by Gasteiger charge is -2.09. The van der Waals surface area contributed by atoms with Gasteiger partial charge >= 0.3 is 0 Å². The first-order valence-corrected chi connectivity index (χ1v) is 8.01. The maximum Gasteiger partial charge on any atom is 0.268 e. The molecule has 0 aromatic carbocycles. The molecule has 0 unspecified atom stereocenters. The van der Waals surface area contributed by atoms with Gasteiger partial charge in [-0.2, -0.15) is 5.10 Å². The van der Waals surface area contributed by atoms with Crippen molar-refractivity contribution in [2.24, 2.45) is 7.05 Å². The molecule has 20 heavy (non-hydrogen) atoms. The van der Waals surface area contributed by atoms with Crippen molar-refractivity contribution in [2.75, 3.05) is 0 Å². The Bertz CT molecular complexity index is 642. The van der Waals surface area contributed by atoms with Crippen molar-refractivity contribution in [3.8, 4) is 0 Å². The molecule has 112 valence electrons. The molecule has 0 aliphatic carbocycles. The van der Waals surface area contributed by atoms with Crippen molar-refractivity contribution in [2.45, 2.75) is 45.4 Å². The number of nitrogens with zero attached hydrogens (tertiary/aromatic N) is 2. The number of hydrogen-bond donors (Lipinski definition) is 1. The summed E-state index contributed by atoms with van der Waals surface area (Å²) in [5.41, 5.74) is 1.43. The van der Waals surface area contributed by atoms with Gasteiger partial charge in [-0.05, 0) is 26.7 Å². The van der Waals surface area contributed by atoms with Crippen molar-refractivity contribution in [1.29, 1.82) is 0 Å². The van der Waals surface area contributed by atoms with E-state index in [1.165, 1.54) is 0 Å². The molecule has 1 rings (SSSR count). The van der Waals surface area contributed by atoms with Crippen LogP contribution in [0.4, 0.5) is 0 Å². The van der Waals surface area contributed by atoms with E-state index >= 15 is 0 Å². The number of carbonyl (C=O) groups is 1. The van der Waals surface area contributed by atoms with Gasteiger partial charge in [-0.25, -0.2) is 13.1 Å².